The topological polar surface area (TPSA) is 137 Å². The summed E-state index contributed by atoms with van der Waals surface area (Å²) in [6.45, 7) is 2.34. The molecular weight excluding hydrogens is 596 g/mol. The molecule has 0 saturated carbocycles. The molecule has 0 aromatic heterocycles. The molecule has 3 aromatic carbocycles. The molecule has 2 amide bonds. The third kappa shape index (κ3) is 7.09. The minimum atomic E-state index is -1.74. The number of para-hydroxylation sites is 1. The number of phenolic OH excluding ortho intramolecular Hbond substituents is 1. The van der Waals surface area contributed by atoms with Crippen molar-refractivity contribution in [1.29, 1.82) is 0 Å². The third-order valence-electron chi connectivity index (χ3n) is 9.45. The molecule has 2 saturated heterocycles. The van der Waals surface area contributed by atoms with Gasteiger partial charge >= 0.3 is 14.2 Å². The molecule has 4 N–H and O–H groups in total. The zero-order valence-electron chi connectivity index (χ0n) is 26.4. The molecular formula is C36H39B2NO8. The maximum absolute atomic E-state index is 14.1. The van der Waals surface area contributed by atoms with Gasteiger partial charge in [0.25, 0.3) is 0 Å². The van der Waals surface area contributed by atoms with Gasteiger partial charge in [0.2, 0.25) is 11.8 Å². The summed E-state index contributed by atoms with van der Waals surface area (Å²) in [7, 11) is -2.85. The van der Waals surface area contributed by atoms with E-state index < -0.39 is 38.1 Å². The van der Waals surface area contributed by atoms with Crippen LogP contribution in [0, 0.1) is 17.8 Å². The Morgan fingerprint density at radius 1 is 1.00 bits per heavy atom. The Labute approximate surface area is 275 Å². The average Bonchev–Trinajstić information content (AvgIpc) is 3.32. The van der Waals surface area contributed by atoms with Crippen LogP contribution in [0.3, 0.4) is 0 Å². The summed E-state index contributed by atoms with van der Waals surface area (Å²) in [5, 5.41) is 40.2. The van der Waals surface area contributed by atoms with Crippen LogP contribution in [0.4, 0.5) is 5.69 Å². The molecule has 2 heterocycles. The highest BCUT2D eigenvalue weighted by Gasteiger charge is 2.57. The highest BCUT2D eigenvalue weighted by Crippen LogP contribution is 2.51. The predicted molar refractivity (Wildman–Crippen MR) is 181 cm³/mol. The smallest absolute Gasteiger partial charge is 0.488 e. The summed E-state index contributed by atoms with van der Waals surface area (Å²) >= 11 is 0. The number of carbonyl (C=O) groups excluding carboxylic acids is 2. The Hall–Kier alpha value is -4.15. The number of fused-ring (bicyclic) bond motifs is 3. The summed E-state index contributed by atoms with van der Waals surface area (Å²) in [6.07, 6.45) is 5.21. The van der Waals surface area contributed by atoms with E-state index in [2.05, 4.69) is 13.0 Å². The molecule has 1 aliphatic carbocycles. The van der Waals surface area contributed by atoms with Gasteiger partial charge in [-0.3, -0.25) is 14.5 Å². The normalized spacial score (nSPS) is 22.8. The highest BCUT2D eigenvalue weighted by molar-refractivity contribution is 6.58. The van der Waals surface area contributed by atoms with Gasteiger partial charge in [-0.25, -0.2) is 0 Å². The number of carbonyl (C=O) groups is 2. The van der Waals surface area contributed by atoms with Crippen molar-refractivity contribution in [1.82, 2.24) is 0 Å². The zero-order valence-corrected chi connectivity index (χ0v) is 26.4. The molecule has 0 radical (unpaired) electrons. The molecule has 242 valence electrons. The van der Waals surface area contributed by atoms with E-state index in [0.717, 1.165) is 34.5 Å². The van der Waals surface area contributed by atoms with E-state index in [1.807, 2.05) is 42.5 Å². The fourth-order valence-electron chi connectivity index (χ4n) is 7.38. The largest absolute Gasteiger partial charge is 0.508 e. The van der Waals surface area contributed by atoms with Crippen LogP contribution in [0.1, 0.15) is 44.6 Å². The van der Waals surface area contributed by atoms with Crippen LogP contribution in [0.5, 0.6) is 11.5 Å². The van der Waals surface area contributed by atoms with Crippen LogP contribution in [0.15, 0.2) is 95.6 Å². The summed E-state index contributed by atoms with van der Waals surface area (Å²) in [5.74, 6) is -1.58. The van der Waals surface area contributed by atoms with Gasteiger partial charge in [-0.15, -0.1) is 0 Å². The summed E-state index contributed by atoms with van der Waals surface area (Å²) in [4.78, 5) is 29.3. The lowest BCUT2D eigenvalue weighted by Crippen LogP contribution is -2.46. The van der Waals surface area contributed by atoms with Gasteiger partial charge in [0, 0.05) is 0 Å². The molecule has 11 heteroatoms. The quantitative estimate of drug-likeness (QED) is 0.141. The monoisotopic (exact) mass is 635 g/mol. The number of rotatable bonds is 11. The predicted octanol–water partition coefficient (Wildman–Crippen LogP) is 4.12. The fourth-order valence-corrected chi connectivity index (χ4v) is 7.38. The van der Waals surface area contributed by atoms with Crippen LogP contribution in [0.25, 0.3) is 6.08 Å². The van der Waals surface area contributed by atoms with Crippen molar-refractivity contribution >= 4 is 43.3 Å². The van der Waals surface area contributed by atoms with E-state index in [4.69, 9.17) is 9.39 Å². The molecule has 0 bridgehead atoms. The highest BCUT2D eigenvalue weighted by atomic mass is 16.5. The summed E-state index contributed by atoms with van der Waals surface area (Å²) in [6, 6.07) is 22.7. The average molecular weight is 635 g/mol. The van der Waals surface area contributed by atoms with E-state index in [1.165, 1.54) is 17.7 Å². The number of hydrogen-bond donors (Lipinski definition) is 4. The minimum absolute atomic E-state index is 0.176. The molecule has 2 aliphatic heterocycles. The van der Waals surface area contributed by atoms with Gasteiger partial charge in [-0.1, -0.05) is 67.5 Å². The van der Waals surface area contributed by atoms with Crippen LogP contribution in [-0.4, -0.2) is 58.9 Å². The SMILES string of the molecule is CCC/C(=C\c1ccc(O)cc1)CC[C@H]1OB(O)C[C@H]2C1=C(COc1ccccc1)C[C@H]1C(=O)N(c3cccc(B(O)O)c3)C(=O)[C@H]12. The van der Waals surface area contributed by atoms with Crippen molar-refractivity contribution in [2.45, 2.75) is 51.5 Å². The number of amides is 2. The van der Waals surface area contributed by atoms with Gasteiger partial charge < -0.3 is 29.6 Å². The Morgan fingerprint density at radius 2 is 1.77 bits per heavy atom. The molecule has 4 atom stereocenters. The Morgan fingerprint density at radius 3 is 2.49 bits per heavy atom. The van der Waals surface area contributed by atoms with Gasteiger partial charge in [0.1, 0.15) is 18.1 Å². The second kappa shape index (κ2) is 14.3. The van der Waals surface area contributed by atoms with E-state index in [0.29, 0.717) is 25.0 Å². The molecule has 3 aromatic rings. The first-order valence-corrected chi connectivity index (χ1v) is 16.3. The molecule has 2 fully saturated rings. The van der Waals surface area contributed by atoms with Gasteiger partial charge in [0.15, 0.2) is 0 Å². The standard InChI is InChI=1S/C36H39B2NO8/c1-2-7-23(18-24-12-15-28(40)16-13-24)14-17-32-33-25(22-46-29-10-4-3-5-11-29)19-30-34(31(33)21-37(43)47-32)36(42)39(35(30)41)27-9-6-8-26(20-27)38(44)45/h3-6,8-13,15-16,18,20,30-32,34,40,43-45H,2,7,14,17,19,21-22H2,1H3/b23-18+/t30-,31+,32-,34-/m1/s1. The lowest BCUT2D eigenvalue weighted by molar-refractivity contribution is -0.122. The van der Waals surface area contributed by atoms with Gasteiger partial charge in [-0.2, -0.15) is 0 Å². The first-order valence-electron chi connectivity index (χ1n) is 16.3. The van der Waals surface area contributed by atoms with Gasteiger partial charge in [0.05, 0.1) is 23.6 Å². The maximum atomic E-state index is 14.1. The Kier molecular flexibility index (Phi) is 9.98. The van der Waals surface area contributed by atoms with Gasteiger partial charge in [-0.05, 0) is 96.5 Å². The van der Waals surface area contributed by atoms with Crippen molar-refractivity contribution in [3.63, 3.8) is 0 Å². The second-order valence-electron chi connectivity index (χ2n) is 12.6. The number of anilines is 1. The molecule has 9 nitrogen and oxygen atoms in total. The van der Waals surface area contributed by atoms with E-state index in [9.17, 15) is 29.8 Å². The van der Waals surface area contributed by atoms with Crippen molar-refractivity contribution in [3.05, 3.63) is 101 Å². The number of allylic oxidation sites excluding steroid dienone is 1. The maximum Gasteiger partial charge on any atom is 0.488 e. The number of hydrogen-bond acceptors (Lipinski definition) is 8. The molecule has 6 rings (SSSR count). The fraction of sp³-hybridized carbons (Fsp3) is 0.333. The first-order chi connectivity index (χ1) is 22.7. The number of phenols is 1. The second-order valence-corrected chi connectivity index (χ2v) is 12.6. The first kappa shape index (κ1) is 32.8. The minimum Gasteiger partial charge on any atom is -0.508 e. The molecule has 0 unspecified atom stereocenters. The Balaban J connectivity index is 1.33. The third-order valence-corrected chi connectivity index (χ3v) is 9.45. The number of ether oxygens (including phenoxy) is 1. The van der Waals surface area contributed by atoms with Crippen LogP contribution in [-0.2, 0) is 14.2 Å². The lowest BCUT2D eigenvalue weighted by Gasteiger charge is -2.43. The number of nitrogens with zero attached hydrogens (tertiary/aromatic N) is 1. The Bertz CT molecular complexity index is 1660. The molecule has 0 spiro atoms. The molecule has 3 aliphatic rings. The summed E-state index contributed by atoms with van der Waals surface area (Å²) < 4.78 is 12.4. The number of benzene rings is 3. The van der Waals surface area contributed by atoms with E-state index in [1.54, 1.807) is 24.3 Å². The number of imide groups is 1. The van der Waals surface area contributed by atoms with Crippen molar-refractivity contribution in [3.8, 4) is 11.5 Å². The molecule has 47 heavy (non-hydrogen) atoms. The number of aromatic hydroxyl groups is 1. The summed E-state index contributed by atoms with van der Waals surface area (Å²) in [5.41, 5.74) is 4.49. The van der Waals surface area contributed by atoms with E-state index >= 15 is 0 Å². The van der Waals surface area contributed by atoms with Crippen molar-refractivity contribution in [2.24, 2.45) is 17.8 Å². The lowest BCUT2D eigenvalue weighted by atomic mass is 9.58. The van der Waals surface area contributed by atoms with Crippen LogP contribution < -0.4 is 15.1 Å². The van der Waals surface area contributed by atoms with Crippen molar-refractivity contribution < 1.29 is 39.2 Å². The van der Waals surface area contributed by atoms with E-state index in [-0.39, 0.29) is 41.6 Å². The zero-order chi connectivity index (χ0) is 33.1. The van der Waals surface area contributed by atoms with Crippen LogP contribution in [0.2, 0.25) is 6.32 Å². The van der Waals surface area contributed by atoms with Crippen LogP contribution >= 0.6 is 0 Å². The van der Waals surface area contributed by atoms with Crippen molar-refractivity contribution in [2.75, 3.05) is 11.5 Å².